The van der Waals surface area contributed by atoms with E-state index < -0.39 is 17.5 Å². The fraction of sp³-hybridized carbons (Fsp3) is 0.545. The number of phenolic OH excluding ortho intramolecular Hbond substituents is 1. The maximum atomic E-state index is 12.8. The van der Waals surface area contributed by atoms with E-state index in [9.17, 15) is 19.8 Å². The smallest absolute Gasteiger partial charge is 0.338 e. The predicted molar refractivity (Wildman–Crippen MR) is 101 cm³/mol. The molecule has 1 aromatic rings. The summed E-state index contributed by atoms with van der Waals surface area (Å²) in [6.45, 7) is 4.45. The summed E-state index contributed by atoms with van der Waals surface area (Å²) in [7, 11) is 0. The van der Waals surface area contributed by atoms with Crippen LogP contribution >= 0.6 is 0 Å². The van der Waals surface area contributed by atoms with Crippen molar-refractivity contribution in [1.29, 1.82) is 0 Å². The second-order valence-electron chi connectivity index (χ2n) is 8.79. The van der Waals surface area contributed by atoms with E-state index in [4.69, 9.17) is 9.47 Å². The van der Waals surface area contributed by atoms with Gasteiger partial charge in [-0.25, -0.2) is 9.59 Å². The fourth-order valence-electron chi connectivity index (χ4n) is 5.70. The zero-order valence-electron chi connectivity index (χ0n) is 16.2. The van der Waals surface area contributed by atoms with Gasteiger partial charge in [-0.15, -0.1) is 0 Å². The normalized spacial score (nSPS) is 34.5. The maximum absolute atomic E-state index is 12.8. The quantitative estimate of drug-likeness (QED) is 0.776. The number of aliphatic hydroxyl groups excluding tert-OH is 1. The molecule has 6 heteroatoms. The van der Waals surface area contributed by atoms with Gasteiger partial charge in [0, 0.05) is 24.5 Å². The molecule has 0 saturated heterocycles. The van der Waals surface area contributed by atoms with Gasteiger partial charge in [-0.05, 0) is 53.5 Å². The number of aliphatic hydroxyl groups is 1. The Morgan fingerprint density at radius 3 is 2.64 bits per heavy atom. The van der Waals surface area contributed by atoms with Gasteiger partial charge in [0.1, 0.15) is 18.5 Å². The lowest BCUT2D eigenvalue weighted by Gasteiger charge is -2.56. The molecule has 4 rings (SSSR count). The predicted octanol–water partition coefficient (Wildman–Crippen LogP) is 2.98. The lowest BCUT2D eigenvalue weighted by molar-refractivity contribution is -0.136. The minimum Gasteiger partial charge on any atom is -0.508 e. The molecule has 1 fully saturated rings. The fourth-order valence-corrected chi connectivity index (χ4v) is 5.70. The lowest BCUT2D eigenvalue weighted by Crippen LogP contribution is -2.55. The molecule has 0 spiro atoms. The molecule has 2 aliphatic carbocycles. The van der Waals surface area contributed by atoms with Gasteiger partial charge >= 0.3 is 11.9 Å². The Morgan fingerprint density at radius 1 is 1.25 bits per heavy atom. The lowest BCUT2D eigenvalue weighted by atomic mass is 9.49. The van der Waals surface area contributed by atoms with Crippen LogP contribution in [0.2, 0.25) is 0 Å². The van der Waals surface area contributed by atoms with Gasteiger partial charge in [0.05, 0.1) is 5.56 Å². The molecule has 6 nitrogen and oxygen atoms in total. The number of esters is 2. The molecule has 4 atom stereocenters. The molecular weight excluding hydrogens is 360 g/mol. The highest BCUT2D eigenvalue weighted by Crippen LogP contribution is 2.61. The third-order valence-electron chi connectivity index (χ3n) is 7.03. The topological polar surface area (TPSA) is 93.1 Å². The second-order valence-corrected chi connectivity index (χ2v) is 8.79. The summed E-state index contributed by atoms with van der Waals surface area (Å²) >= 11 is 0. The third-order valence-corrected chi connectivity index (χ3v) is 7.03. The molecule has 1 saturated carbocycles. The Morgan fingerprint density at radius 2 is 1.96 bits per heavy atom. The molecule has 3 aliphatic rings. The van der Waals surface area contributed by atoms with Crippen molar-refractivity contribution in [2.24, 2.45) is 16.7 Å². The van der Waals surface area contributed by atoms with E-state index in [-0.39, 0.29) is 29.7 Å². The number of cyclic esters (lactones) is 1. The molecular formula is C22H26O6. The first-order chi connectivity index (χ1) is 13.3. The molecule has 150 valence electrons. The number of carbonyl (C=O) groups is 2. The maximum Gasteiger partial charge on any atom is 0.338 e. The summed E-state index contributed by atoms with van der Waals surface area (Å²) in [5, 5.41) is 19.7. The molecule has 0 unspecified atom stereocenters. The van der Waals surface area contributed by atoms with Crippen molar-refractivity contribution in [2.75, 3.05) is 13.2 Å². The van der Waals surface area contributed by atoms with Crippen LogP contribution in [0.3, 0.4) is 0 Å². The van der Waals surface area contributed by atoms with Gasteiger partial charge in [0.15, 0.2) is 0 Å². The van der Waals surface area contributed by atoms with E-state index >= 15 is 0 Å². The zero-order valence-corrected chi connectivity index (χ0v) is 16.2. The van der Waals surface area contributed by atoms with E-state index in [1.807, 2.05) is 6.92 Å². The van der Waals surface area contributed by atoms with Crippen LogP contribution in [0, 0.1) is 16.7 Å². The number of benzene rings is 1. The van der Waals surface area contributed by atoms with Crippen molar-refractivity contribution in [1.82, 2.24) is 0 Å². The first-order valence-corrected chi connectivity index (χ1v) is 9.79. The number of ether oxygens (including phenoxy) is 2. The molecule has 2 N–H and O–H groups in total. The van der Waals surface area contributed by atoms with Crippen LogP contribution in [0.15, 0.2) is 35.4 Å². The molecule has 0 bridgehead atoms. The molecule has 1 aliphatic heterocycles. The monoisotopic (exact) mass is 386 g/mol. The summed E-state index contributed by atoms with van der Waals surface area (Å²) in [5.74, 6) is -0.844. The molecule has 0 aromatic heterocycles. The van der Waals surface area contributed by atoms with Crippen LogP contribution in [0.4, 0.5) is 0 Å². The van der Waals surface area contributed by atoms with Crippen LogP contribution in [0.1, 0.15) is 49.9 Å². The minimum absolute atomic E-state index is 0.00205. The minimum atomic E-state index is -0.520. The Bertz CT molecular complexity index is 841. The van der Waals surface area contributed by atoms with Crippen molar-refractivity contribution >= 4 is 11.9 Å². The number of aromatic hydroxyl groups is 1. The molecule has 28 heavy (non-hydrogen) atoms. The first kappa shape index (κ1) is 19.0. The van der Waals surface area contributed by atoms with Gasteiger partial charge in [0.2, 0.25) is 0 Å². The Hall–Kier alpha value is -2.34. The van der Waals surface area contributed by atoms with E-state index in [1.54, 1.807) is 0 Å². The van der Waals surface area contributed by atoms with Crippen molar-refractivity contribution in [3.05, 3.63) is 41.0 Å². The van der Waals surface area contributed by atoms with Crippen LogP contribution in [-0.2, 0) is 14.3 Å². The highest BCUT2D eigenvalue weighted by molar-refractivity contribution is 5.93. The summed E-state index contributed by atoms with van der Waals surface area (Å²) in [6, 6.07) is 5.91. The largest absolute Gasteiger partial charge is 0.508 e. The SMILES string of the molecule is C[C@@]1(CO)CCC[C@]2(C)C3=C(C[C@@H](OC(=O)c4ccc(O)cc4)[C@@H]12)C(=O)OC3. The van der Waals surface area contributed by atoms with E-state index in [1.165, 1.54) is 24.3 Å². The van der Waals surface area contributed by atoms with Crippen LogP contribution in [0.25, 0.3) is 0 Å². The van der Waals surface area contributed by atoms with Gasteiger partial charge in [-0.2, -0.15) is 0 Å². The number of fused-ring (bicyclic) bond motifs is 2. The van der Waals surface area contributed by atoms with E-state index in [0.717, 1.165) is 24.8 Å². The van der Waals surface area contributed by atoms with Gasteiger partial charge < -0.3 is 19.7 Å². The van der Waals surface area contributed by atoms with Crippen LogP contribution < -0.4 is 0 Å². The van der Waals surface area contributed by atoms with Crippen molar-refractivity contribution in [2.45, 2.75) is 45.6 Å². The second kappa shape index (κ2) is 6.62. The Labute approximate surface area is 164 Å². The summed E-state index contributed by atoms with van der Waals surface area (Å²) in [4.78, 5) is 25.1. The number of rotatable bonds is 3. The van der Waals surface area contributed by atoms with Crippen molar-refractivity contribution in [3.8, 4) is 5.75 Å². The third kappa shape index (κ3) is 2.82. The van der Waals surface area contributed by atoms with Gasteiger partial charge in [0.25, 0.3) is 0 Å². The Kier molecular flexibility index (Phi) is 4.49. The summed E-state index contributed by atoms with van der Waals surface area (Å²) in [5.41, 5.74) is 1.23. The summed E-state index contributed by atoms with van der Waals surface area (Å²) in [6.07, 6.45) is 2.44. The average Bonchev–Trinajstić information content (AvgIpc) is 3.04. The molecule has 1 aromatic carbocycles. The van der Waals surface area contributed by atoms with Gasteiger partial charge in [-0.1, -0.05) is 20.3 Å². The number of hydrogen-bond donors (Lipinski definition) is 2. The number of carbonyl (C=O) groups excluding carboxylic acids is 2. The highest BCUT2D eigenvalue weighted by atomic mass is 16.5. The highest BCUT2D eigenvalue weighted by Gasteiger charge is 2.59. The van der Waals surface area contributed by atoms with Crippen LogP contribution in [0.5, 0.6) is 5.75 Å². The first-order valence-electron chi connectivity index (χ1n) is 9.79. The molecule has 1 heterocycles. The number of phenols is 1. The van der Waals surface area contributed by atoms with E-state index in [0.29, 0.717) is 24.2 Å². The molecule has 0 radical (unpaired) electrons. The van der Waals surface area contributed by atoms with Crippen molar-refractivity contribution in [3.63, 3.8) is 0 Å². The number of hydrogen-bond acceptors (Lipinski definition) is 6. The zero-order chi connectivity index (χ0) is 20.1. The summed E-state index contributed by atoms with van der Waals surface area (Å²) < 4.78 is 11.3. The molecule has 0 amide bonds. The van der Waals surface area contributed by atoms with Crippen LogP contribution in [-0.4, -0.2) is 41.5 Å². The standard InChI is InChI=1S/C22H26O6/c1-21(12-23)8-3-9-22(2)16-11-27-20(26)15(16)10-17(18(21)22)28-19(25)13-4-6-14(24)7-5-13/h4-7,17-18,23-24H,3,8-12H2,1-2H3/t17-,18+,21+,22-/m1/s1. The van der Waals surface area contributed by atoms with E-state index in [2.05, 4.69) is 6.92 Å². The van der Waals surface area contributed by atoms with Crippen molar-refractivity contribution < 1.29 is 29.3 Å². The average molecular weight is 386 g/mol. The van der Waals surface area contributed by atoms with Gasteiger partial charge in [-0.3, -0.25) is 0 Å². The Balaban J connectivity index is 1.72.